The fourth-order valence-electron chi connectivity index (χ4n) is 2.60. The monoisotopic (exact) mass is 342 g/mol. The van der Waals surface area contributed by atoms with Crippen LogP contribution in [0.1, 0.15) is 36.8 Å². The zero-order chi connectivity index (χ0) is 16.1. The fraction of sp³-hybridized carbons (Fsp3) is 0.600. The number of likely N-dealkylation sites (tertiary alicyclic amines) is 1. The molecule has 1 N–H and O–H groups in total. The van der Waals surface area contributed by atoms with Crippen molar-refractivity contribution in [3.8, 4) is 0 Å². The Bertz CT molecular complexity index is 545. The highest BCUT2D eigenvalue weighted by Crippen LogP contribution is 2.24. The molecule has 2 amide bonds. The summed E-state index contributed by atoms with van der Waals surface area (Å²) in [4.78, 5) is 26.2. The van der Waals surface area contributed by atoms with Gasteiger partial charge in [-0.3, -0.25) is 13.8 Å². The van der Waals surface area contributed by atoms with Crippen LogP contribution in [0.4, 0.5) is 0 Å². The van der Waals surface area contributed by atoms with Crippen molar-refractivity contribution in [2.75, 3.05) is 18.8 Å². The molecule has 2 rings (SSSR count). The van der Waals surface area contributed by atoms with E-state index in [0.29, 0.717) is 13.1 Å². The minimum absolute atomic E-state index is 0.0124. The van der Waals surface area contributed by atoms with E-state index in [4.69, 9.17) is 0 Å². The van der Waals surface area contributed by atoms with E-state index in [9.17, 15) is 13.8 Å². The molecule has 0 saturated carbocycles. The van der Waals surface area contributed by atoms with Gasteiger partial charge in [0, 0.05) is 41.7 Å². The van der Waals surface area contributed by atoms with Crippen LogP contribution in [0.2, 0.25) is 0 Å². The Balaban J connectivity index is 1.88. The molecule has 1 fully saturated rings. The molecule has 7 heteroatoms. The molecule has 0 aromatic carbocycles. The lowest BCUT2D eigenvalue weighted by atomic mass is 10.1. The van der Waals surface area contributed by atoms with Crippen molar-refractivity contribution in [3.05, 3.63) is 22.4 Å². The summed E-state index contributed by atoms with van der Waals surface area (Å²) in [6.07, 6.45) is 1.75. The molecule has 1 saturated heterocycles. The maximum atomic E-state index is 12.4. The number of nitrogens with one attached hydrogen (secondary N) is 1. The van der Waals surface area contributed by atoms with E-state index < -0.39 is 10.8 Å². The number of piperidine rings is 1. The summed E-state index contributed by atoms with van der Waals surface area (Å²) in [5.74, 6) is -0.114. The lowest BCUT2D eigenvalue weighted by Gasteiger charge is -2.33. The number of hydrogen-bond acceptors (Lipinski definition) is 4. The maximum Gasteiger partial charge on any atom is 0.235 e. The van der Waals surface area contributed by atoms with Gasteiger partial charge in [0.05, 0.1) is 5.25 Å². The summed E-state index contributed by atoms with van der Waals surface area (Å²) in [7, 11) is -1.22. The maximum absolute atomic E-state index is 12.4. The van der Waals surface area contributed by atoms with E-state index in [1.54, 1.807) is 16.2 Å². The summed E-state index contributed by atoms with van der Waals surface area (Å²) in [5.41, 5.74) is 0. The summed E-state index contributed by atoms with van der Waals surface area (Å²) in [6.45, 7) is 4.58. The van der Waals surface area contributed by atoms with Crippen LogP contribution < -0.4 is 5.32 Å². The topological polar surface area (TPSA) is 66.5 Å². The minimum atomic E-state index is -1.22. The molecule has 0 unspecified atom stereocenters. The van der Waals surface area contributed by atoms with Crippen LogP contribution in [0.25, 0.3) is 0 Å². The van der Waals surface area contributed by atoms with Crippen molar-refractivity contribution in [2.24, 2.45) is 0 Å². The average Bonchev–Trinajstić information content (AvgIpc) is 3.00. The lowest BCUT2D eigenvalue weighted by molar-refractivity contribution is -0.130. The molecule has 22 heavy (non-hydrogen) atoms. The molecule has 0 bridgehead atoms. The van der Waals surface area contributed by atoms with E-state index in [1.165, 1.54) is 6.92 Å². The zero-order valence-corrected chi connectivity index (χ0v) is 14.5. The first-order valence-electron chi connectivity index (χ1n) is 7.43. The van der Waals surface area contributed by atoms with Crippen molar-refractivity contribution in [1.82, 2.24) is 10.2 Å². The molecule has 5 nitrogen and oxygen atoms in total. The fourth-order valence-corrected chi connectivity index (χ4v) is 4.76. The van der Waals surface area contributed by atoms with Crippen molar-refractivity contribution in [1.29, 1.82) is 0 Å². The van der Waals surface area contributed by atoms with Crippen LogP contribution in [0.5, 0.6) is 0 Å². The number of carbonyl (C=O) groups is 2. The minimum Gasteiger partial charge on any atom is -0.352 e. The average molecular weight is 342 g/mol. The molecule has 0 spiro atoms. The first-order valence-corrected chi connectivity index (χ1v) is 9.69. The van der Waals surface area contributed by atoms with Gasteiger partial charge >= 0.3 is 0 Å². The Labute approximate surface area is 137 Å². The van der Waals surface area contributed by atoms with Crippen molar-refractivity contribution in [3.63, 3.8) is 0 Å². The van der Waals surface area contributed by atoms with E-state index in [2.05, 4.69) is 5.32 Å². The van der Waals surface area contributed by atoms with Crippen molar-refractivity contribution < 1.29 is 13.8 Å². The first kappa shape index (κ1) is 17.1. The second kappa shape index (κ2) is 7.87. The third-order valence-corrected chi connectivity index (χ3v) is 6.56. The van der Waals surface area contributed by atoms with Gasteiger partial charge in [0.2, 0.25) is 11.8 Å². The van der Waals surface area contributed by atoms with Crippen molar-refractivity contribution >= 4 is 34.0 Å². The Kier molecular flexibility index (Phi) is 6.14. The second-order valence-corrected chi connectivity index (χ2v) is 8.30. The number of nitrogens with zero attached hydrogens (tertiary/aromatic N) is 1. The third-order valence-electron chi connectivity index (χ3n) is 3.79. The lowest BCUT2D eigenvalue weighted by Crippen LogP contribution is -2.50. The predicted octanol–water partition coefficient (Wildman–Crippen LogP) is 1.68. The number of amides is 2. The number of rotatable bonds is 5. The van der Waals surface area contributed by atoms with Gasteiger partial charge in [0.1, 0.15) is 5.75 Å². The van der Waals surface area contributed by atoms with E-state index in [0.717, 1.165) is 17.7 Å². The van der Waals surface area contributed by atoms with Crippen LogP contribution in [0.3, 0.4) is 0 Å². The Morgan fingerprint density at radius 2 is 2.32 bits per heavy atom. The summed E-state index contributed by atoms with van der Waals surface area (Å²) < 4.78 is 12.4. The van der Waals surface area contributed by atoms with Gasteiger partial charge in [-0.25, -0.2) is 0 Å². The van der Waals surface area contributed by atoms with E-state index in [1.807, 2.05) is 24.4 Å². The highest BCUT2D eigenvalue weighted by molar-refractivity contribution is 7.86. The van der Waals surface area contributed by atoms with Gasteiger partial charge < -0.3 is 10.2 Å². The molecule has 2 heterocycles. The second-order valence-electron chi connectivity index (χ2n) is 5.56. The first-order chi connectivity index (χ1) is 10.5. The largest absolute Gasteiger partial charge is 0.352 e. The smallest absolute Gasteiger partial charge is 0.235 e. The molecule has 122 valence electrons. The molecule has 3 atom stereocenters. The molecule has 1 aliphatic heterocycles. The standard InChI is InChI=1S/C15H22N2O3S2/c1-11(14-6-4-8-21-14)22(20)10-15(19)17-7-3-5-13(9-17)16-12(2)18/h4,6,8,11,13H,3,5,7,9-10H2,1-2H3,(H,16,18)/t11-,13-,22+/m1/s1. The summed E-state index contributed by atoms with van der Waals surface area (Å²) in [6, 6.07) is 3.89. The summed E-state index contributed by atoms with van der Waals surface area (Å²) in [5, 5.41) is 4.68. The Morgan fingerprint density at radius 1 is 1.55 bits per heavy atom. The Hall–Kier alpha value is -1.21. The predicted molar refractivity (Wildman–Crippen MR) is 89.2 cm³/mol. The number of hydrogen-bond donors (Lipinski definition) is 1. The normalized spacial score (nSPS) is 21.2. The third kappa shape index (κ3) is 4.64. The molecule has 0 aliphatic carbocycles. The van der Waals surface area contributed by atoms with Gasteiger partial charge in [0.15, 0.2) is 0 Å². The highest BCUT2D eigenvalue weighted by Gasteiger charge is 2.26. The molecular weight excluding hydrogens is 320 g/mol. The molecular formula is C15H22N2O3S2. The van der Waals surface area contributed by atoms with Gasteiger partial charge in [0.25, 0.3) is 0 Å². The SMILES string of the molecule is CC(=O)N[C@@H]1CCCN(C(=O)C[S@](=O)[C@H](C)c2cccs2)C1. The number of carbonyl (C=O) groups excluding carboxylic acids is 2. The Morgan fingerprint density at radius 3 is 2.95 bits per heavy atom. The van der Waals surface area contributed by atoms with Crippen LogP contribution in [-0.2, 0) is 20.4 Å². The van der Waals surface area contributed by atoms with Gasteiger partial charge in [-0.1, -0.05) is 6.07 Å². The zero-order valence-electron chi connectivity index (χ0n) is 12.9. The van der Waals surface area contributed by atoms with Crippen molar-refractivity contribution in [2.45, 2.75) is 38.0 Å². The van der Waals surface area contributed by atoms with Crippen LogP contribution in [0, 0.1) is 0 Å². The molecule has 1 aromatic rings. The molecule has 1 aromatic heterocycles. The van der Waals surface area contributed by atoms with E-state index >= 15 is 0 Å². The summed E-state index contributed by atoms with van der Waals surface area (Å²) >= 11 is 1.56. The quantitative estimate of drug-likeness (QED) is 0.885. The van der Waals surface area contributed by atoms with Gasteiger partial charge in [-0.15, -0.1) is 11.3 Å². The molecule has 1 aliphatic rings. The van der Waals surface area contributed by atoms with Crippen LogP contribution in [-0.4, -0.2) is 45.8 Å². The van der Waals surface area contributed by atoms with Crippen LogP contribution >= 0.6 is 11.3 Å². The van der Waals surface area contributed by atoms with E-state index in [-0.39, 0.29) is 28.9 Å². The molecule has 0 radical (unpaired) electrons. The number of thiophene rings is 1. The van der Waals surface area contributed by atoms with Gasteiger partial charge in [-0.05, 0) is 31.2 Å². The van der Waals surface area contributed by atoms with Crippen LogP contribution in [0.15, 0.2) is 17.5 Å². The highest BCUT2D eigenvalue weighted by atomic mass is 32.2. The van der Waals surface area contributed by atoms with Gasteiger partial charge in [-0.2, -0.15) is 0 Å².